The van der Waals surface area contributed by atoms with E-state index in [-0.39, 0.29) is 0 Å². The first-order chi connectivity index (χ1) is 49.9. The van der Waals surface area contributed by atoms with Crippen LogP contribution in [0.1, 0.15) is 64.0 Å². The molecule has 4 heterocycles. The molecule has 0 saturated carbocycles. The number of fused-ring (bicyclic) bond motifs is 13. The molecule has 0 fully saturated rings. The fraction of sp³-hybridized carbons (Fsp3) is 0.0521. The summed E-state index contributed by atoms with van der Waals surface area (Å²) in [6.45, 7) is 4.61. The summed E-state index contributed by atoms with van der Waals surface area (Å²) in [6, 6.07) is 111. The minimum Gasteiger partial charge on any atom is -0.307 e. The Morgan fingerprint density at radius 2 is 1.04 bits per heavy atom. The predicted octanol–water partition coefficient (Wildman–Crippen LogP) is 24.2. The third-order valence-corrected chi connectivity index (χ3v) is 21.0. The van der Waals surface area contributed by atoms with E-state index in [1.165, 1.54) is 83.5 Å². The van der Waals surface area contributed by atoms with Crippen LogP contribution in [0, 0.1) is 0 Å². The Labute approximate surface area is 587 Å². The van der Waals surface area contributed by atoms with Gasteiger partial charge in [-0.15, -0.1) is 0 Å². The zero-order chi connectivity index (χ0) is 67.1. The van der Waals surface area contributed by atoms with Crippen molar-refractivity contribution in [1.82, 2.24) is 19.1 Å². The van der Waals surface area contributed by atoms with E-state index >= 15 is 0 Å². The molecule has 0 saturated heterocycles. The van der Waals surface area contributed by atoms with Crippen molar-refractivity contribution in [2.75, 3.05) is 0 Å². The monoisotopic (exact) mass is 1290 g/mol. The number of aliphatic imine (C=N–C) groups is 1. The van der Waals surface area contributed by atoms with Gasteiger partial charge in [-0.2, -0.15) is 0 Å². The van der Waals surface area contributed by atoms with E-state index in [1.807, 2.05) is 0 Å². The SMILES string of the molecule is CC1=Cc2ccccc2C/C=C(\c2ccc(-n3c4c(c5cc(-c6ccc7c(c6)c6ccccc6n7-c6nc(-c7ccccc7)c7ccc8ccccc8c7n6)ccc53)C=CC3=CC4=Nc4ccccc4C3)cc2)C(c2ccccc2Cc2cc(-c3ccccc3)cc(-c3ccccc3)c2)=C1C. The van der Waals surface area contributed by atoms with Gasteiger partial charge in [0.15, 0.2) is 0 Å². The van der Waals surface area contributed by atoms with Crippen molar-refractivity contribution in [3.05, 3.63) is 388 Å². The summed E-state index contributed by atoms with van der Waals surface area (Å²) in [6.07, 6.45) is 14.2. The highest BCUT2D eigenvalue weighted by Crippen LogP contribution is 2.45. The number of nitrogens with zero attached hydrogens (tertiary/aromatic N) is 5. The van der Waals surface area contributed by atoms with Crippen LogP contribution < -0.4 is 0 Å². The molecule has 5 heteroatoms. The number of rotatable bonds is 10. The molecule has 3 aromatic heterocycles. The second-order valence-electron chi connectivity index (χ2n) is 27.1. The molecular formula is C96H67N5. The summed E-state index contributed by atoms with van der Waals surface area (Å²) in [4.78, 5) is 16.6. The van der Waals surface area contributed by atoms with Crippen LogP contribution in [0.25, 0.3) is 134 Å². The molecule has 3 aliphatic rings. The first kappa shape index (κ1) is 59.4. The maximum absolute atomic E-state index is 5.59. The predicted molar refractivity (Wildman–Crippen MR) is 423 cm³/mol. The van der Waals surface area contributed by atoms with Crippen LogP contribution in [0.2, 0.25) is 0 Å². The van der Waals surface area contributed by atoms with Crippen molar-refractivity contribution >= 4 is 89.1 Å². The van der Waals surface area contributed by atoms with Crippen LogP contribution >= 0.6 is 0 Å². The van der Waals surface area contributed by atoms with Crippen LogP contribution in [0.15, 0.2) is 343 Å². The van der Waals surface area contributed by atoms with Gasteiger partial charge >= 0.3 is 0 Å². The normalized spacial score (nSPS) is 14.1. The molecule has 0 spiro atoms. The zero-order valence-corrected chi connectivity index (χ0v) is 56.1. The first-order valence-electron chi connectivity index (χ1n) is 35.0. The minimum atomic E-state index is 0.639. The highest BCUT2D eigenvalue weighted by atomic mass is 15.2. The molecule has 16 aromatic rings. The lowest BCUT2D eigenvalue weighted by atomic mass is 9.83. The van der Waals surface area contributed by atoms with E-state index in [0.29, 0.717) is 5.95 Å². The minimum absolute atomic E-state index is 0.639. The van der Waals surface area contributed by atoms with Gasteiger partial charge in [-0.3, -0.25) is 4.57 Å². The highest BCUT2D eigenvalue weighted by Gasteiger charge is 2.28. The summed E-state index contributed by atoms with van der Waals surface area (Å²) in [5.41, 5.74) is 33.3. The average molecular weight is 1290 g/mol. The lowest BCUT2D eigenvalue weighted by Gasteiger charge is -2.22. The molecule has 0 radical (unpaired) electrons. The second-order valence-corrected chi connectivity index (χ2v) is 27.1. The highest BCUT2D eigenvalue weighted by molar-refractivity contribution is 6.19. The smallest absolute Gasteiger partial charge is 0.235 e. The number of hydrogen-bond acceptors (Lipinski definition) is 3. The van der Waals surface area contributed by atoms with Crippen LogP contribution in [-0.4, -0.2) is 24.8 Å². The van der Waals surface area contributed by atoms with Gasteiger partial charge in [0.05, 0.1) is 44.9 Å². The molecule has 0 atom stereocenters. The largest absolute Gasteiger partial charge is 0.307 e. The van der Waals surface area contributed by atoms with Crippen LogP contribution in [-0.2, 0) is 19.3 Å². The summed E-state index contributed by atoms with van der Waals surface area (Å²) in [5.74, 6) is 0.639. The van der Waals surface area contributed by atoms with Gasteiger partial charge in [0.1, 0.15) is 0 Å². The molecule has 0 N–H and O–H groups in total. The summed E-state index contributed by atoms with van der Waals surface area (Å²) >= 11 is 0. The lowest BCUT2D eigenvalue weighted by Crippen LogP contribution is -2.08. The van der Waals surface area contributed by atoms with E-state index in [2.05, 4.69) is 357 Å². The molecule has 476 valence electrons. The van der Waals surface area contributed by atoms with Crippen molar-refractivity contribution < 1.29 is 0 Å². The van der Waals surface area contributed by atoms with Gasteiger partial charge < -0.3 is 4.57 Å². The van der Waals surface area contributed by atoms with E-state index in [9.17, 15) is 0 Å². The molecule has 0 amide bonds. The molecule has 101 heavy (non-hydrogen) atoms. The molecule has 2 aliphatic carbocycles. The van der Waals surface area contributed by atoms with E-state index < -0.39 is 0 Å². The Morgan fingerprint density at radius 3 is 1.81 bits per heavy atom. The molecular weight excluding hydrogens is 1220 g/mol. The summed E-state index contributed by atoms with van der Waals surface area (Å²) < 4.78 is 4.72. The fourth-order valence-electron chi connectivity index (χ4n) is 16.0. The number of hydrogen-bond donors (Lipinski definition) is 0. The Morgan fingerprint density at radius 1 is 0.416 bits per heavy atom. The summed E-state index contributed by atoms with van der Waals surface area (Å²) in [5, 5.41) is 6.70. The van der Waals surface area contributed by atoms with Crippen molar-refractivity contribution in [3.8, 4) is 56.3 Å². The van der Waals surface area contributed by atoms with Gasteiger partial charge in [0.25, 0.3) is 0 Å². The van der Waals surface area contributed by atoms with E-state index in [1.54, 1.807) is 0 Å². The van der Waals surface area contributed by atoms with Crippen molar-refractivity contribution in [2.45, 2.75) is 33.1 Å². The van der Waals surface area contributed by atoms with E-state index in [4.69, 9.17) is 15.0 Å². The quantitative estimate of drug-likeness (QED) is 0.128. The molecule has 5 nitrogen and oxygen atoms in total. The molecule has 1 aliphatic heterocycles. The maximum atomic E-state index is 5.59. The van der Waals surface area contributed by atoms with Gasteiger partial charge in [-0.25, -0.2) is 15.0 Å². The number of aromatic nitrogens is 4. The number of allylic oxidation sites excluding steroid dienone is 8. The molecule has 19 rings (SSSR count). The fourth-order valence-corrected chi connectivity index (χ4v) is 16.0. The topological polar surface area (TPSA) is 48.0 Å². The lowest BCUT2D eigenvalue weighted by molar-refractivity contribution is 1.02. The van der Waals surface area contributed by atoms with Gasteiger partial charge in [-0.05, 0) is 205 Å². The standard InChI is InChI=1S/C96H67N5/c1-61-52-71-30-13-12-26-67(71)41-48-80(92(62(61)2)79-33-17-15-31-74(79)54-64-55-76(65-22-6-3-7-23-65)58-77(56-64)66-24-8-4-9-25-66)69-39-45-78(46-40-69)100-90-50-43-73(60-86(90)83-47-38-63-53-75-32-16-20-36-87(75)97-88(57-63)95(83)100)72-44-51-91-85(59-72)82-35-19-21-37-89(82)101(91)96-98-93(70-28-10-5-11-29-70)84-49-42-68-27-14-18-34-81(68)94(84)99-96/h3-40,42-52,55-60H,41,53-54H2,1-2H3/b61-52?,80-48+,92-62?. The maximum Gasteiger partial charge on any atom is 0.235 e. The third kappa shape index (κ3) is 10.5. The van der Waals surface area contributed by atoms with Gasteiger partial charge in [-0.1, -0.05) is 267 Å². The van der Waals surface area contributed by atoms with Crippen LogP contribution in [0.5, 0.6) is 0 Å². The van der Waals surface area contributed by atoms with Crippen molar-refractivity contribution in [1.29, 1.82) is 0 Å². The third-order valence-electron chi connectivity index (χ3n) is 21.0. The van der Waals surface area contributed by atoms with Gasteiger partial charge in [0.2, 0.25) is 5.95 Å². The van der Waals surface area contributed by atoms with E-state index in [0.717, 1.165) is 130 Å². The van der Waals surface area contributed by atoms with Gasteiger partial charge in [0, 0.05) is 43.7 Å². The molecule has 0 unspecified atom stereocenters. The summed E-state index contributed by atoms with van der Waals surface area (Å²) in [7, 11) is 0. The number of para-hydroxylation sites is 2. The second kappa shape index (κ2) is 24.6. The van der Waals surface area contributed by atoms with Crippen molar-refractivity contribution in [3.63, 3.8) is 0 Å². The first-order valence-corrected chi connectivity index (χ1v) is 35.0. The average Bonchev–Trinajstić information content (AvgIpc) is 1.62. The Balaban J connectivity index is 0.751. The van der Waals surface area contributed by atoms with Crippen LogP contribution in [0.3, 0.4) is 0 Å². The Bertz CT molecular complexity index is 6210. The zero-order valence-electron chi connectivity index (χ0n) is 56.1. The number of benzene rings is 13. The van der Waals surface area contributed by atoms with Crippen LogP contribution in [0.4, 0.5) is 5.69 Å². The van der Waals surface area contributed by atoms with Crippen molar-refractivity contribution in [2.24, 2.45) is 4.99 Å². The Hall–Kier alpha value is -12.8. The molecule has 2 bridgehead atoms. The molecule has 13 aromatic carbocycles. The Kier molecular flexibility index (Phi) is 14.5.